The van der Waals surface area contributed by atoms with E-state index < -0.39 is 0 Å². The third-order valence-corrected chi connectivity index (χ3v) is 5.89. The molecule has 0 aromatic carbocycles. The van der Waals surface area contributed by atoms with Crippen LogP contribution in [-0.4, -0.2) is 37.6 Å². The van der Waals surface area contributed by atoms with Gasteiger partial charge in [0.2, 0.25) is 0 Å². The van der Waals surface area contributed by atoms with Crippen molar-refractivity contribution in [3.63, 3.8) is 0 Å². The van der Waals surface area contributed by atoms with Crippen molar-refractivity contribution in [1.29, 1.82) is 0 Å². The molecule has 3 aliphatic carbocycles. The summed E-state index contributed by atoms with van der Waals surface area (Å²) in [7, 11) is 2.33. The van der Waals surface area contributed by atoms with Crippen molar-refractivity contribution in [3.05, 3.63) is 12.2 Å². The Hall–Kier alpha value is -0.340. The monoisotopic (exact) mass is 276 g/mol. The zero-order valence-corrected chi connectivity index (χ0v) is 13.2. The molecule has 0 aromatic heterocycles. The number of rotatable bonds is 7. The summed E-state index contributed by atoms with van der Waals surface area (Å²) in [5, 5.41) is 3.71. The van der Waals surface area contributed by atoms with E-state index in [2.05, 4.69) is 29.4 Å². The van der Waals surface area contributed by atoms with E-state index in [-0.39, 0.29) is 0 Å². The first-order valence-corrected chi connectivity index (χ1v) is 8.92. The van der Waals surface area contributed by atoms with E-state index in [1.807, 2.05) is 0 Å². The summed E-state index contributed by atoms with van der Waals surface area (Å²) in [5.74, 6) is 2.75. The fraction of sp³-hybridized carbons (Fsp3) is 0.889. The Morgan fingerprint density at radius 2 is 1.95 bits per heavy atom. The van der Waals surface area contributed by atoms with Crippen LogP contribution in [0.4, 0.5) is 0 Å². The van der Waals surface area contributed by atoms with Crippen LogP contribution in [0.25, 0.3) is 0 Å². The minimum absolute atomic E-state index is 0.874. The summed E-state index contributed by atoms with van der Waals surface area (Å²) in [6.07, 6.45) is 16.3. The predicted molar refractivity (Wildman–Crippen MR) is 85.8 cm³/mol. The van der Waals surface area contributed by atoms with Gasteiger partial charge < -0.3 is 10.2 Å². The van der Waals surface area contributed by atoms with Crippen LogP contribution in [0.1, 0.15) is 51.4 Å². The van der Waals surface area contributed by atoms with Crippen LogP contribution in [0, 0.1) is 17.8 Å². The number of fused-ring (bicyclic) bond motifs is 2. The average Bonchev–Trinajstić information content (AvgIpc) is 3.10. The van der Waals surface area contributed by atoms with E-state index in [4.69, 9.17) is 0 Å². The minimum atomic E-state index is 0.874. The summed E-state index contributed by atoms with van der Waals surface area (Å²) >= 11 is 0. The highest BCUT2D eigenvalue weighted by atomic mass is 15.1. The van der Waals surface area contributed by atoms with Gasteiger partial charge in [-0.05, 0) is 76.5 Å². The zero-order chi connectivity index (χ0) is 13.8. The van der Waals surface area contributed by atoms with E-state index in [0.717, 1.165) is 23.8 Å². The van der Waals surface area contributed by atoms with Gasteiger partial charge >= 0.3 is 0 Å². The highest BCUT2D eigenvalue weighted by Crippen LogP contribution is 2.42. The van der Waals surface area contributed by atoms with Gasteiger partial charge in [0.25, 0.3) is 0 Å². The molecule has 0 spiro atoms. The molecule has 3 aliphatic rings. The van der Waals surface area contributed by atoms with Crippen molar-refractivity contribution < 1.29 is 0 Å². The molecule has 3 rings (SSSR count). The molecule has 20 heavy (non-hydrogen) atoms. The lowest BCUT2D eigenvalue weighted by Gasteiger charge is -2.31. The second kappa shape index (κ2) is 7.09. The zero-order valence-electron chi connectivity index (χ0n) is 13.2. The Balaban J connectivity index is 1.24. The van der Waals surface area contributed by atoms with E-state index in [1.165, 1.54) is 71.0 Å². The Kier molecular flexibility index (Phi) is 5.17. The fourth-order valence-corrected chi connectivity index (χ4v) is 4.57. The van der Waals surface area contributed by atoms with Gasteiger partial charge in [-0.2, -0.15) is 0 Å². The third kappa shape index (κ3) is 3.65. The van der Waals surface area contributed by atoms with Gasteiger partial charge in [0.05, 0.1) is 0 Å². The van der Waals surface area contributed by atoms with Crippen LogP contribution in [0.15, 0.2) is 12.2 Å². The second-order valence-corrected chi connectivity index (χ2v) is 7.37. The Morgan fingerprint density at radius 1 is 1.10 bits per heavy atom. The maximum atomic E-state index is 3.71. The molecule has 3 atom stereocenters. The molecule has 2 heteroatoms. The van der Waals surface area contributed by atoms with Crippen molar-refractivity contribution in [2.24, 2.45) is 17.8 Å². The molecule has 114 valence electrons. The number of nitrogens with one attached hydrogen (secondary N) is 1. The lowest BCUT2D eigenvalue weighted by molar-refractivity contribution is 0.189. The Labute approximate surface area is 125 Å². The first kappa shape index (κ1) is 14.6. The van der Waals surface area contributed by atoms with Gasteiger partial charge in [-0.1, -0.05) is 31.4 Å². The molecule has 2 bridgehead atoms. The van der Waals surface area contributed by atoms with Gasteiger partial charge in [-0.15, -0.1) is 0 Å². The van der Waals surface area contributed by atoms with Gasteiger partial charge in [-0.3, -0.25) is 0 Å². The number of nitrogens with zero attached hydrogens (tertiary/aromatic N) is 1. The summed E-state index contributed by atoms with van der Waals surface area (Å²) in [6.45, 7) is 3.72. The van der Waals surface area contributed by atoms with Gasteiger partial charge in [-0.25, -0.2) is 0 Å². The molecule has 0 heterocycles. The number of hydrogen-bond acceptors (Lipinski definition) is 2. The topological polar surface area (TPSA) is 15.3 Å². The third-order valence-electron chi connectivity index (χ3n) is 5.89. The van der Waals surface area contributed by atoms with E-state index >= 15 is 0 Å². The number of allylic oxidation sites excluding steroid dienone is 2. The smallest absolute Gasteiger partial charge is 0.00922 e. The largest absolute Gasteiger partial charge is 0.316 e. The number of hydrogen-bond donors (Lipinski definition) is 1. The summed E-state index contributed by atoms with van der Waals surface area (Å²) in [5.41, 5.74) is 0. The van der Waals surface area contributed by atoms with E-state index in [1.54, 1.807) is 0 Å². The lowest BCUT2D eigenvalue weighted by atomic mass is 9.93. The molecule has 0 aliphatic heterocycles. The van der Waals surface area contributed by atoms with Crippen molar-refractivity contribution in [1.82, 2.24) is 10.2 Å². The van der Waals surface area contributed by atoms with Crippen LogP contribution < -0.4 is 5.32 Å². The van der Waals surface area contributed by atoms with Gasteiger partial charge in [0.15, 0.2) is 0 Å². The normalized spacial score (nSPS) is 33.4. The van der Waals surface area contributed by atoms with Crippen LogP contribution in [0.3, 0.4) is 0 Å². The van der Waals surface area contributed by atoms with Crippen LogP contribution in [0.2, 0.25) is 0 Å². The van der Waals surface area contributed by atoms with Crippen LogP contribution in [0.5, 0.6) is 0 Å². The molecule has 0 saturated heterocycles. The highest BCUT2D eigenvalue weighted by Gasteiger charge is 2.34. The summed E-state index contributed by atoms with van der Waals surface area (Å²) < 4.78 is 0. The Morgan fingerprint density at radius 3 is 2.65 bits per heavy atom. The molecule has 2 saturated carbocycles. The van der Waals surface area contributed by atoms with Crippen molar-refractivity contribution in [3.8, 4) is 0 Å². The molecule has 0 amide bonds. The van der Waals surface area contributed by atoms with E-state index in [9.17, 15) is 0 Å². The quantitative estimate of drug-likeness (QED) is 0.566. The standard InChI is InChI=1S/C18H32N2/c1-20(18-6-3-2-4-7-18)11-5-10-19-14-17-13-15-8-9-16(17)12-15/h8-9,15-19H,2-7,10-14H2,1H3. The van der Waals surface area contributed by atoms with Gasteiger partial charge in [0, 0.05) is 6.04 Å². The van der Waals surface area contributed by atoms with Crippen molar-refractivity contribution in [2.75, 3.05) is 26.7 Å². The molecule has 0 aromatic rings. The molecule has 2 fully saturated rings. The first-order chi connectivity index (χ1) is 9.83. The van der Waals surface area contributed by atoms with Crippen molar-refractivity contribution in [2.45, 2.75) is 57.4 Å². The second-order valence-electron chi connectivity index (χ2n) is 7.37. The van der Waals surface area contributed by atoms with Crippen molar-refractivity contribution >= 4 is 0 Å². The first-order valence-electron chi connectivity index (χ1n) is 8.92. The maximum absolute atomic E-state index is 3.71. The predicted octanol–water partition coefficient (Wildman–Crippen LogP) is 3.44. The minimum Gasteiger partial charge on any atom is -0.316 e. The molecule has 1 N–H and O–H groups in total. The molecule has 2 nitrogen and oxygen atoms in total. The SMILES string of the molecule is CN(CCCNCC1CC2C=CC1C2)C1CCCCC1. The fourth-order valence-electron chi connectivity index (χ4n) is 4.57. The van der Waals surface area contributed by atoms with Crippen LogP contribution >= 0.6 is 0 Å². The maximum Gasteiger partial charge on any atom is 0.00922 e. The van der Waals surface area contributed by atoms with Crippen LogP contribution in [-0.2, 0) is 0 Å². The average molecular weight is 276 g/mol. The summed E-state index contributed by atoms with van der Waals surface area (Å²) in [4.78, 5) is 2.61. The lowest BCUT2D eigenvalue weighted by Crippen LogP contribution is -2.35. The van der Waals surface area contributed by atoms with E-state index in [0.29, 0.717) is 0 Å². The molecule has 0 radical (unpaired) electrons. The molecule has 3 unspecified atom stereocenters. The Bertz CT molecular complexity index is 319. The summed E-state index contributed by atoms with van der Waals surface area (Å²) in [6, 6.07) is 0.874. The molecular formula is C18H32N2. The highest BCUT2D eigenvalue weighted by molar-refractivity contribution is 5.10. The molecular weight excluding hydrogens is 244 g/mol. The van der Waals surface area contributed by atoms with Gasteiger partial charge in [0.1, 0.15) is 0 Å².